The van der Waals surface area contributed by atoms with E-state index in [4.69, 9.17) is 4.74 Å². The van der Waals surface area contributed by atoms with Gasteiger partial charge >= 0.3 is 0 Å². The minimum absolute atomic E-state index is 0.261. The monoisotopic (exact) mass is 516 g/mol. The quantitative estimate of drug-likeness (QED) is 0.199. The summed E-state index contributed by atoms with van der Waals surface area (Å²) in [5, 5.41) is 1.07. The normalized spacial score (nSPS) is 11.8. The van der Waals surface area contributed by atoms with Gasteiger partial charge in [-0.3, -0.25) is 0 Å². The number of ether oxygens (including phenoxy) is 1. The number of benzene rings is 3. The van der Waals surface area contributed by atoms with E-state index in [0.29, 0.717) is 6.54 Å². The van der Waals surface area contributed by atoms with E-state index in [9.17, 15) is 13.0 Å². The van der Waals surface area contributed by atoms with E-state index in [1.165, 1.54) is 0 Å². The lowest BCUT2D eigenvalue weighted by Crippen LogP contribution is -2.38. The van der Waals surface area contributed by atoms with E-state index >= 15 is 0 Å². The van der Waals surface area contributed by atoms with Crippen molar-refractivity contribution in [1.82, 2.24) is 0 Å². The zero-order valence-electron chi connectivity index (χ0n) is 21.4. The van der Waals surface area contributed by atoms with Crippen LogP contribution in [0.5, 0.6) is 5.75 Å². The number of hydrogen-bond acceptors (Lipinski definition) is 5. The van der Waals surface area contributed by atoms with Crippen LogP contribution in [0, 0.1) is 6.92 Å². The second-order valence-corrected chi connectivity index (χ2v) is 10.5. The number of methoxy groups -OCH3 is 1. The standard InChI is InChI=1S/C30H32N2O4S/c1-4-31(27-15-17-29(36-3)18-16-27)26-11-7-24(8-12-26)9-13-28-14-10-25-22-23(2)6-19-30(25)32(28)20-5-21-37(33,34)35/h6-19,22H,4-5,20-21H2,1-3H3. The Morgan fingerprint density at radius 3 is 2.22 bits per heavy atom. The van der Waals surface area contributed by atoms with Crippen molar-refractivity contribution in [3.63, 3.8) is 0 Å². The second kappa shape index (κ2) is 11.6. The largest absolute Gasteiger partial charge is 0.748 e. The van der Waals surface area contributed by atoms with Gasteiger partial charge in [0.25, 0.3) is 0 Å². The fourth-order valence-corrected chi connectivity index (χ4v) is 4.96. The molecule has 0 spiro atoms. The molecule has 0 fully saturated rings. The number of aryl methyl sites for hydroxylation is 2. The van der Waals surface area contributed by atoms with E-state index in [1.807, 2.05) is 61.5 Å². The minimum Gasteiger partial charge on any atom is -0.748 e. The molecule has 4 aromatic rings. The molecule has 0 radical (unpaired) electrons. The number of hydrogen-bond donors (Lipinski definition) is 0. The molecule has 0 aliphatic heterocycles. The highest BCUT2D eigenvalue weighted by Crippen LogP contribution is 2.27. The zero-order valence-corrected chi connectivity index (χ0v) is 22.2. The van der Waals surface area contributed by atoms with Gasteiger partial charge in [-0.2, -0.15) is 4.57 Å². The average molecular weight is 517 g/mol. The van der Waals surface area contributed by atoms with Gasteiger partial charge in [0.2, 0.25) is 11.2 Å². The van der Waals surface area contributed by atoms with Gasteiger partial charge in [0.15, 0.2) is 6.54 Å². The molecule has 1 aromatic heterocycles. The maximum Gasteiger partial charge on any atom is 0.212 e. The van der Waals surface area contributed by atoms with Crippen molar-refractivity contribution < 1.29 is 22.3 Å². The number of rotatable bonds is 10. The van der Waals surface area contributed by atoms with Gasteiger partial charge in [-0.1, -0.05) is 23.8 Å². The second-order valence-electron chi connectivity index (χ2n) is 8.95. The Morgan fingerprint density at radius 1 is 0.919 bits per heavy atom. The highest BCUT2D eigenvalue weighted by molar-refractivity contribution is 7.85. The van der Waals surface area contributed by atoms with Crippen LogP contribution in [0.15, 0.2) is 78.9 Å². The Kier molecular flexibility index (Phi) is 8.26. The highest BCUT2D eigenvalue weighted by Gasteiger charge is 2.15. The van der Waals surface area contributed by atoms with Crippen LogP contribution in [0.25, 0.3) is 23.1 Å². The molecule has 6 nitrogen and oxygen atoms in total. The summed E-state index contributed by atoms with van der Waals surface area (Å²) in [6, 6.07) is 26.7. The molecule has 0 unspecified atom stereocenters. The smallest absolute Gasteiger partial charge is 0.212 e. The molecular weight excluding hydrogens is 484 g/mol. The van der Waals surface area contributed by atoms with Crippen molar-refractivity contribution in [3.8, 4) is 5.75 Å². The maximum atomic E-state index is 11.2. The summed E-state index contributed by atoms with van der Waals surface area (Å²) in [4.78, 5) is 2.23. The Labute approximate surface area is 219 Å². The minimum atomic E-state index is -4.25. The summed E-state index contributed by atoms with van der Waals surface area (Å²) in [7, 11) is -2.59. The van der Waals surface area contributed by atoms with Gasteiger partial charge in [-0.25, -0.2) is 8.42 Å². The van der Waals surface area contributed by atoms with Crippen molar-refractivity contribution in [2.45, 2.75) is 26.8 Å². The van der Waals surface area contributed by atoms with Crippen molar-refractivity contribution in [2.75, 3.05) is 24.3 Å². The van der Waals surface area contributed by atoms with Gasteiger partial charge in [0, 0.05) is 53.7 Å². The number of pyridine rings is 1. The Hall–Kier alpha value is -3.68. The van der Waals surface area contributed by atoms with Crippen LogP contribution in [-0.2, 0) is 16.7 Å². The Morgan fingerprint density at radius 2 is 1.59 bits per heavy atom. The van der Waals surface area contributed by atoms with Crippen LogP contribution in [0.3, 0.4) is 0 Å². The lowest BCUT2D eigenvalue weighted by atomic mass is 10.1. The van der Waals surface area contributed by atoms with Crippen LogP contribution in [0.4, 0.5) is 11.4 Å². The lowest BCUT2D eigenvalue weighted by Gasteiger charge is -2.23. The van der Waals surface area contributed by atoms with E-state index in [0.717, 1.165) is 51.4 Å². The van der Waals surface area contributed by atoms with Crippen LogP contribution in [0.2, 0.25) is 0 Å². The third kappa shape index (κ3) is 6.76. The average Bonchev–Trinajstić information content (AvgIpc) is 2.88. The van der Waals surface area contributed by atoms with Gasteiger partial charge in [0.1, 0.15) is 5.75 Å². The topological polar surface area (TPSA) is 73.6 Å². The molecule has 0 saturated carbocycles. The molecule has 37 heavy (non-hydrogen) atoms. The molecule has 0 aliphatic carbocycles. The van der Waals surface area contributed by atoms with Crippen LogP contribution < -0.4 is 14.2 Å². The van der Waals surface area contributed by atoms with E-state index in [1.54, 1.807) is 7.11 Å². The Balaban J connectivity index is 1.58. The molecule has 0 N–H and O–H groups in total. The Bertz CT molecular complexity index is 1500. The number of aromatic nitrogens is 1. The van der Waals surface area contributed by atoms with Gasteiger partial charge in [-0.15, -0.1) is 0 Å². The highest BCUT2D eigenvalue weighted by atomic mass is 32.2. The van der Waals surface area contributed by atoms with Crippen LogP contribution >= 0.6 is 0 Å². The van der Waals surface area contributed by atoms with Crippen molar-refractivity contribution in [1.29, 1.82) is 0 Å². The first-order chi connectivity index (χ1) is 17.8. The van der Waals surface area contributed by atoms with Crippen LogP contribution in [0.1, 0.15) is 30.2 Å². The predicted molar refractivity (Wildman–Crippen MR) is 149 cm³/mol. The maximum absolute atomic E-state index is 11.2. The summed E-state index contributed by atoms with van der Waals surface area (Å²) in [5.74, 6) is 0.450. The van der Waals surface area contributed by atoms with Gasteiger partial charge in [0.05, 0.1) is 17.2 Å². The molecule has 1 heterocycles. The molecule has 0 atom stereocenters. The molecule has 3 aromatic carbocycles. The first-order valence-corrected chi connectivity index (χ1v) is 13.9. The van der Waals surface area contributed by atoms with Gasteiger partial charge in [-0.05, 0) is 74.0 Å². The number of nitrogens with zero attached hydrogens (tertiary/aromatic N) is 2. The summed E-state index contributed by atoms with van der Waals surface area (Å²) in [5.41, 5.74) is 6.34. The SMILES string of the molecule is CCN(c1ccc(/C=C/c2ccc3cc(C)ccc3[n+]2CCCS(=O)(=O)[O-])cc1)c1ccc(OC)cc1. The summed E-state index contributed by atoms with van der Waals surface area (Å²) in [6.45, 7) is 5.43. The van der Waals surface area contributed by atoms with Crippen LogP contribution in [-0.4, -0.2) is 32.4 Å². The first-order valence-electron chi connectivity index (χ1n) is 12.3. The zero-order chi connectivity index (χ0) is 26.4. The molecule has 0 saturated heterocycles. The summed E-state index contributed by atoms with van der Waals surface area (Å²) < 4.78 is 40.8. The third-order valence-corrected chi connectivity index (χ3v) is 7.14. The molecular formula is C30H32N2O4S. The van der Waals surface area contributed by atoms with E-state index in [2.05, 4.69) is 52.8 Å². The third-order valence-electron chi connectivity index (χ3n) is 6.35. The summed E-state index contributed by atoms with van der Waals surface area (Å²) in [6.07, 6.45) is 4.34. The predicted octanol–water partition coefficient (Wildman–Crippen LogP) is 5.71. The van der Waals surface area contributed by atoms with E-state index in [-0.39, 0.29) is 12.2 Å². The number of anilines is 2. The van der Waals surface area contributed by atoms with Crippen molar-refractivity contribution in [2.24, 2.45) is 0 Å². The van der Waals surface area contributed by atoms with Crippen molar-refractivity contribution >= 4 is 44.5 Å². The molecule has 0 bridgehead atoms. The molecule has 7 heteroatoms. The lowest BCUT2D eigenvalue weighted by molar-refractivity contribution is -0.673. The van der Waals surface area contributed by atoms with Gasteiger partial charge < -0.3 is 14.2 Å². The molecule has 192 valence electrons. The molecule has 0 aliphatic rings. The molecule has 4 rings (SSSR count). The number of fused-ring (bicyclic) bond motifs is 1. The fourth-order valence-electron chi connectivity index (χ4n) is 4.48. The van der Waals surface area contributed by atoms with E-state index < -0.39 is 10.1 Å². The van der Waals surface area contributed by atoms with Crippen molar-refractivity contribution in [3.05, 3.63) is 95.7 Å². The summed E-state index contributed by atoms with van der Waals surface area (Å²) >= 11 is 0. The first kappa shape index (κ1) is 26.4. The molecule has 0 amide bonds. The fraction of sp³-hybridized carbons (Fsp3) is 0.233.